The van der Waals surface area contributed by atoms with E-state index in [2.05, 4.69) is 269 Å². The van der Waals surface area contributed by atoms with Crippen molar-refractivity contribution in [3.8, 4) is 67.5 Å². The first-order valence-corrected chi connectivity index (χ1v) is 36.8. The van der Waals surface area contributed by atoms with Crippen LogP contribution >= 0.6 is 0 Å². The number of aryl methyl sites for hydroxylation is 16. The van der Waals surface area contributed by atoms with Gasteiger partial charge in [-0.05, 0) is 367 Å². The van der Waals surface area contributed by atoms with E-state index in [-0.39, 0.29) is 0 Å². The van der Waals surface area contributed by atoms with Crippen molar-refractivity contribution < 1.29 is 0 Å². The van der Waals surface area contributed by atoms with Gasteiger partial charge >= 0.3 is 0 Å². The molecular weight excluding hydrogens is 1240 g/mol. The molecule has 0 aliphatic heterocycles. The topological polar surface area (TPSA) is 77.3 Å². The van der Waals surface area contributed by atoms with Crippen molar-refractivity contribution in [2.75, 3.05) is 0 Å². The quantitative estimate of drug-likeness (QED) is 0.151. The zero-order valence-corrected chi connectivity index (χ0v) is 65.3. The number of fused-ring (bicyclic) bond motifs is 18. The highest BCUT2D eigenvalue weighted by Gasteiger charge is 2.30. The maximum Gasteiger partial charge on any atom is 0.0745 e. The molecule has 0 atom stereocenters. The van der Waals surface area contributed by atoms with Gasteiger partial charge in [-0.1, -0.05) is 71.8 Å². The van der Waals surface area contributed by atoms with Gasteiger partial charge in [0.05, 0.1) is 34.2 Å². The lowest BCUT2D eigenvalue weighted by molar-refractivity contribution is 1.13. The van der Waals surface area contributed by atoms with Crippen LogP contribution in [-0.4, -0.2) is 29.9 Å². The molecule has 0 bridgehead atoms. The molecule has 6 aliphatic carbocycles. The normalized spacial score (nSPS) is 12.5. The Morgan fingerprint density at radius 2 is 0.549 bits per heavy atom. The van der Waals surface area contributed by atoms with Gasteiger partial charge in [0, 0.05) is 109 Å². The van der Waals surface area contributed by atoms with E-state index in [4.69, 9.17) is 0 Å². The summed E-state index contributed by atoms with van der Waals surface area (Å²) in [6, 6.07) is 27.1. The molecule has 6 aliphatic rings. The van der Waals surface area contributed by atoms with Crippen molar-refractivity contribution in [3.63, 3.8) is 0 Å². The summed E-state index contributed by atoms with van der Waals surface area (Å²) in [7, 11) is 0. The Balaban J connectivity index is 0.000000109. The average molecular weight is 1340 g/mol. The van der Waals surface area contributed by atoms with Gasteiger partial charge in [0.2, 0.25) is 0 Å². The van der Waals surface area contributed by atoms with Crippen LogP contribution in [0.15, 0.2) is 110 Å². The lowest BCUT2D eigenvalue weighted by Crippen LogP contribution is -1.93. The number of rotatable bonds is 0. The lowest BCUT2D eigenvalue weighted by Gasteiger charge is -2.09. The molecule has 0 N–H and O–H groups in total. The third-order valence-electron chi connectivity index (χ3n) is 24.3. The molecule has 6 aromatic carbocycles. The van der Waals surface area contributed by atoms with Crippen LogP contribution in [0.4, 0.5) is 0 Å². The highest BCUT2D eigenvalue weighted by Crippen LogP contribution is 2.46. The summed E-state index contributed by atoms with van der Waals surface area (Å²) in [6.07, 6.45) is 18.3. The molecule has 0 amide bonds. The van der Waals surface area contributed by atoms with Crippen molar-refractivity contribution in [2.45, 2.75) is 205 Å². The van der Waals surface area contributed by atoms with Gasteiger partial charge in [-0.3, -0.25) is 29.9 Å². The van der Waals surface area contributed by atoms with E-state index < -0.39 is 0 Å². The molecule has 0 unspecified atom stereocenters. The molecule has 6 heteroatoms. The smallest absolute Gasteiger partial charge is 0.0745 e. The van der Waals surface area contributed by atoms with Crippen LogP contribution in [-0.2, 0) is 38.5 Å². The molecular formula is C96H102N6. The lowest BCUT2D eigenvalue weighted by atomic mass is 9.99. The van der Waals surface area contributed by atoms with E-state index in [1.54, 1.807) is 0 Å². The molecule has 18 rings (SSSR count). The summed E-state index contributed by atoms with van der Waals surface area (Å²) in [4.78, 5) is 27.9. The molecule has 6 nitrogen and oxygen atoms in total. The molecule has 0 radical (unpaired) electrons. The van der Waals surface area contributed by atoms with Gasteiger partial charge in [-0.25, -0.2) is 0 Å². The van der Waals surface area contributed by atoms with Crippen molar-refractivity contribution in [3.05, 3.63) is 310 Å². The van der Waals surface area contributed by atoms with Crippen molar-refractivity contribution >= 4 is 0 Å². The predicted molar refractivity (Wildman–Crippen MR) is 429 cm³/mol. The standard InChI is InChI=1S/6C16H17N/c1-9-5-13-7-14-12(4)11(3)8-17-16(14)15(13)6-10(9)2;1-9-5-10(2)13-7-14-12(4)11(3)8-17-16(14)15(13)6-9;1-9-5-10(2)15-13(6-9)7-14-12(4)11(3)8-17-16(14)15;1-9-5-6-13-7-14-11(3)10(2)8-17-16(14)15(13)12(9)4;1-9-5-6-13-14(11(9)3)7-15-12(4)10(2)8-17-16(13)15;1-9-5-6-10(2)15-13(9)7-14-12(4)11(3)8-17-16(14)15/h6*5-6,8H,7H2,1-4H3. The number of benzene rings is 6. The third-order valence-corrected chi connectivity index (χ3v) is 24.3. The second-order valence-corrected chi connectivity index (χ2v) is 30.9. The van der Waals surface area contributed by atoms with Crippen LogP contribution < -0.4 is 0 Å². The maximum absolute atomic E-state index is 4.66. The first-order chi connectivity index (χ1) is 48.5. The van der Waals surface area contributed by atoms with Crippen LogP contribution in [0.1, 0.15) is 200 Å². The number of pyridine rings is 6. The van der Waals surface area contributed by atoms with E-state index in [1.807, 2.05) is 37.2 Å². The predicted octanol–water partition coefficient (Wildman–Crippen LogP) is 23.3. The molecule has 6 heterocycles. The zero-order chi connectivity index (χ0) is 72.9. The molecule has 0 saturated heterocycles. The summed E-state index contributed by atoms with van der Waals surface area (Å²) >= 11 is 0. The van der Waals surface area contributed by atoms with Gasteiger partial charge in [0.25, 0.3) is 0 Å². The fourth-order valence-electron chi connectivity index (χ4n) is 16.6. The Morgan fingerprint density at radius 1 is 0.186 bits per heavy atom. The monoisotopic (exact) mass is 1340 g/mol. The van der Waals surface area contributed by atoms with Crippen molar-refractivity contribution in [1.82, 2.24) is 29.9 Å². The Bertz CT molecular complexity index is 5420. The number of nitrogens with zero attached hydrogens (tertiary/aromatic N) is 6. The summed E-state index contributed by atoms with van der Waals surface area (Å²) in [6.45, 7) is 52.4. The van der Waals surface area contributed by atoms with Crippen LogP contribution in [0.3, 0.4) is 0 Å². The van der Waals surface area contributed by atoms with Crippen LogP contribution in [0.2, 0.25) is 0 Å². The molecule has 516 valence electrons. The Hall–Kier alpha value is -9.78. The van der Waals surface area contributed by atoms with Crippen LogP contribution in [0.25, 0.3) is 67.5 Å². The summed E-state index contributed by atoms with van der Waals surface area (Å²) in [5, 5.41) is 0. The molecule has 6 aromatic heterocycles. The minimum Gasteiger partial charge on any atom is -0.256 e. The minimum absolute atomic E-state index is 1.05. The Morgan fingerprint density at radius 3 is 1.11 bits per heavy atom. The Labute approximate surface area is 608 Å². The molecule has 0 fully saturated rings. The first-order valence-electron chi connectivity index (χ1n) is 36.8. The highest BCUT2D eigenvalue weighted by molar-refractivity contribution is 5.83. The van der Waals surface area contributed by atoms with Crippen molar-refractivity contribution in [1.29, 1.82) is 0 Å². The fraction of sp³-hybridized carbons (Fsp3) is 0.312. The van der Waals surface area contributed by atoms with Crippen molar-refractivity contribution in [2.24, 2.45) is 0 Å². The second-order valence-electron chi connectivity index (χ2n) is 30.9. The van der Waals surface area contributed by atoms with E-state index >= 15 is 0 Å². The van der Waals surface area contributed by atoms with Crippen LogP contribution in [0, 0.1) is 166 Å². The van der Waals surface area contributed by atoms with E-state index in [1.165, 1.54) is 268 Å². The van der Waals surface area contributed by atoms with Gasteiger partial charge < -0.3 is 0 Å². The highest BCUT2D eigenvalue weighted by atomic mass is 14.7. The van der Waals surface area contributed by atoms with E-state index in [0.717, 1.165) is 38.5 Å². The SMILES string of the molecule is Cc1cc(C)c2c(c1)-c1ncc(C)c(C)c1C2.Cc1cc(C)c2c(c1)Cc1c-2ncc(C)c1C.Cc1cc2c(cc1C)-c1ncc(C)c(C)c1C2.Cc1ccc2c(c1C)Cc1c-2ncc(C)c1C.Cc1cnc2c(c1C)Cc1c(C)ccc(C)c1-2.Cc1cnc2c(c1C)Cc1ccc(C)c(C)c1-2. The number of hydrogen-bond acceptors (Lipinski definition) is 6. The van der Waals surface area contributed by atoms with E-state index in [0.29, 0.717) is 0 Å². The van der Waals surface area contributed by atoms with Gasteiger partial charge in [-0.15, -0.1) is 0 Å². The van der Waals surface area contributed by atoms with Crippen LogP contribution in [0.5, 0.6) is 0 Å². The minimum atomic E-state index is 1.05. The second kappa shape index (κ2) is 27.5. The van der Waals surface area contributed by atoms with E-state index in [9.17, 15) is 0 Å². The zero-order valence-electron chi connectivity index (χ0n) is 65.3. The number of hydrogen-bond donors (Lipinski definition) is 0. The average Bonchev–Trinajstić information content (AvgIpc) is 1.65. The molecule has 102 heavy (non-hydrogen) atoms. The maximum atomic E-state index is 4.66. The summed E-state index contributed by atoms with van der Waals surface area (Å²) in [5.74, 6) is 0. The molecule has 12 aromatic rings. The fourth-order valence-corrected chi connectivity index (χ4v) is 16.6. The van der Waals surface area contributed by atoms with Gasteiger partial charge in [-0.2, -0.15) is 0 Å². The number of aromatic nitrogens is 6. The largest absolute Gasteiger partial charge is 0.256 e. The van der Waals surface area contributed by atoms with Gasteiger partial charge in [0.15, 0.2) is 0 Å². The molecule has 0 spiro atoms. The summed E-state index contributed by atoms with van der Waals surface area (Å²) < 4.78 is 0. The molecule has 0 saturated carbocycles. The van der Waals surface area contributed by atoms with Gasteiger partial charge in [0.1, 0.15) is 0 Å². The summed E-state index contributed by atoms with van der Waals surface area (Å²) in [5.41, 5.74) is 65.3. The Kier molecular flexibility index (Phi) is 19.1. The first kappa shape index (κ1) is 70.6. The third kappa shape index (κ3) is 12.5.